The molecule has 1 fully saturated rings. The van der Waals surface area contributed by atoms with E-state index in [4.69, 9.17) is 9.47 Å². The van der Waals surface area contributed by atoms with E-state index in [2.05, 4.69) is 0 Å². The van der Waals surface area contributed by atoms with Crippen LogP contribution < -0.4 is 0 Å². The van der Waals surface area contributed by atoms with Gasteiger partial charge in [-0.3, -0.25) is 0 Å². The summed E-state index contributed by atoms with van der Waals surface area (Å²) in [7, 11) is 0. The zero-order chi connectivity index (χ0) is 13.0. The van der Waals surface area contributed by atoms with Crippen LogP contribution in [0.15, 0.2) is 30.3 Å². The number of imide groups is 1. The molecule has 0 spiro atoms. The average Bonchev–Trinajstić information content (AvgIpc) is 2.72. The van der Waals surface area contributed by atoms with Crippen LogP contribution in [-0.2, 0) is 15.9 Å². The van der Waals surface area contributed by atoms with Crippen LogP contribution in [-0.4, -0.2) is 36.3 Å². The Bertz CT molecular complexity index is 432. The normalized spacial score (nSPS) is 18.6. The van der Waals surface area contributed by atoms with Crippen LogP contribution in [0.25, 0.3) is 0 Å². The molecule has 5 heteroatoms. The Morgan fingerprint density at radius 3 is 2.83 bits per heavy atom. The molecule has 0 unspecified atom stereocenters. The first-order valence-corrected chi connectivity index (χ1v) is 5.89. The third-order valence-corrected chi connectivity index (χ3v) is 2.74. The maximum absolute atomic E-state index is 11.7. The fourth-order valence-corrected chi connectivity index (χ4v) is 1.91. The first-order chi connectivity index (χ1) is 8.72. The summed E-state index contributed by atoms with van der Waals surface area (Å²) < 4.78 is 9.75. The molecule has 0 radical (unpaired) electrons. The van der Waals surface area contributed by atoms with Crippen molar-refractivity contribution in [2.45, 2.75) is 19.4 Å². The molecule has 1 heterocycles. The van der Waals surface area contributed by atoms with Crippen LogP contribution in [0.3, 0.4) is 0 Å². The lowest BCUT2D eigenvalue weighted by Gasteiger charge is -2.18. The Kier molecular flexibility index (Phi) is 3.82. The highest BCUT2D eigenvalue weighted by Crippen LogP contribution is 2.18. The number of carbonyl (C=O) groups excluding carboxylic acids is 2. The van der Waals surface area contributed by atoms with Crippen molar-refractivity contribution in [1.29, 1.82) is 0 Å². The quantitative estimate of drug-likeness (QED) is 0.824. The largest absolute Gasteiger partial charge is 0.449 e. The summed E-state index contributed by atoms with van der Waals surface area (Å²) in [6, 6.07) is 9.36. The molecule has 1 aromatic rings. The van der Waals surface area contributed by atoms with E-state index in [9.17, 15) is 9.59 Å². The van der Waals surface area contributed by atoms with Crippen molar-refractivity contribution in [3.63, 3.8) is 0 Å². The molecule has 0 bridgehead atoms. The van der Waals surface area contributed by atoms with Gasteiger partial charge in [-0.25, -0.2) is 14.5 Å². The highest BCUT2D eigenvalue weighted by molar-refractivity contribution is 5.89. The van der Waals surface area contributed by atoms with Gasteiger partial charge in [0.1, 0.15) is 6.61 Å². The summed E-state index contributed by atoms with van der Waals surface area (Å²) in [5, 5.41) is 0. The maximum Gasteiger partial charge on any atom is 0.419 e. The molecule has 1 saturated heterocycles. The molecule has 0 N–H and O–H groups in total. The lowest BCUT2D eigenvalue weighted by atomic mass is 10.1. The van der Waals surface area contributed by atoms with Crippen LogP contribution in [0.4, 0.5) is 9.59 Å². The van der Waals surface area contributed by atoms with Crippen LogP contribution in [0.5, 0.6) is 0 Å². The fraction of sp³-hybridized carbons (Fsp3) is 0.385. The first-order valence-electron chi connectivity index (χ1n) is 5.89. The number of hydrogen-bond donors (Lipinski definition) is 0. The number of benzene rings is 1. The molecule has 1 atom stereocenters. The summed E-state index contributed by atoms with van der Waals surface area (Å²) in [5.41, 5.74) is 1.05. The molecule has 0 saturated carbocycles. The smallest absolute Gasteiger partial charge is 0.419 e. The molecular weight excluding hydrogens is 234 g/mol. The lowest BCUT2D eigenvalue weighted by Crippen LogP contribution is -2.40. The SMILES string of the molecule is CCOC(=O)N1C(=O)OC[C@H]1Cc1ccccc1. The Morgan fingerprint density at radius 2 is 2.17 bits per heavy atom. The molecule has 2 rings (SSSR count). The summed E-state index contributed by atoms with van der Waals surface area (Å²) in [6.45, 7) is 2.15. The van der Waals surface area contributed by atoms with Crippen molar-refractivity contribution < 1.29 is 19.1 Å². The first kappa shape index (κ1) is 12.4. The number of amides is 2. The molecule has 0 aliphatic carbocycles. The molecule has 1 aliphatic heterocycles. The number of rotatable bonds is 3. The minimum Gasteiger partial charge on any atom is -0.449 e. The van der Waals surface area contributed by atoms with E-state index in [1.165, 1.54) is 0 Å². The number of nitrogens with zero attached hydrogens (tertiary/aromatic N) is 1. The van der Waals surface area contributed by atoms with Crippen LogP contribution in [0.1, 0.15) is 12.5 Å². The van der Waals surface area contributed by atoms with Gasteiger partial charge in [-0.1, -0.05) is 30.3 Å². The van der Waals surface area contributed by atoms with Gasteiger partial charge in [0.2, 0.25) is 0 Å². The van der Waals surface area contributed by atoms with Crippen molar-refractivity contribution >= 4 is 12.2 Å². The average molecular weight is 249 g/mol. The topological polar surface area (TPSA) is 55.8 Å². The van der Waals surface area contributed by atoms with Gasteiger partial charge < -0.3 is 9.47 Å². The molecule has 5 nitrogen and oxygen atoms in total. The highest BCUT2D eigenvalue weighted by atomic mass is 16.6. The minimum absolute atomic E-state index is 0.215. The van der Waals surface area contributed by atoms with E-state index in [1.807, 2.05) is 30.3 Å². The van der Waals surface area contributed by atoms with Crippen molar-refractivity contribution in [2.75, 3.05) is 13.2 Å². The summed E-state index contributed by atoms with van der Waals surface area (Å²) in [4.78, 5) is 24.2. The van der Waals surface area contributed by atoms with E-state index in [-0.39, 0.29) is 19.3 Å². The molecular formula is C13H15NO4. The predicted molar refractivity (Wildman–Crippen MR) is 64.1 cm³/mol. The lowest BCUT2D eigenvalue weighted by molar-refractivity contribution is 0.107. The van der Waals surface area contributed by atoms with Gasteiger partial charge in [-0.2, -0.15) is 0 Å². The summed E-state index contributed by atoms with van der Waals surface area (Å²) in [5.74, 6) is 0. The van der Waals surface area contributed by atoms with Crippen LogP contribution in [0.2, 0.25) is 0 Å². The van der Waals surface area contributed by atoms with Crippen molar-refractivity contribution in [3.8, 4) is 0 Å². The third kappa shape index (κ3) is 2.61. The summed E-state index contributed by atoms with van der Waals surface area (Å²) in [6.07, 6.45) is -0.693. The molecule has 96 valence electrons. The Hall–Kier alpha value is -2.04. The summed E-state index contributed by atoms with van der Waals surface area (Å²) >= 11 is 0. The number of ether oxygens (including phenoxy) is 2. The van der Waals surface area contributed by atoms with Gasteiger partial charge in [0.25, 0.3) is 0 Å². The second-order valence-corrected chi connectivity index (χ2v) is 3.99. The second kappa shape index (κ2) is 5.53. The Labute approximate surface area is 105 Å². The zero-order valence-electron chi connectivity index (χ0n) is 10.2. The van der Waals surface area contributed by atoms with E-state index >= 15 is 0 Å². The molecule has 0 aromatic heterocycles. The van der Waals surface area contributed by atoms with Crippen molar-refractivity contribution in [2.24, 2.45) is 0 Å². The van der Waals surface area contributed by atoms with Crippen molar-refractivity contribution in [3.05, 3.63) is 35.9 Å². The third-order valence-electron chi connectivity index (χ3n) is 2.74. The highest BCUT2D eigenvalue weighted by Gasteiger charge is 2.38. The monoisotopic (exact) mass is 249 g/mol. The molecule has 18 heavy (non-hydrogen) atoms. The van der Waals surface area contributed by atoms with E-state index in [1.54, 1.807) is 6.92 Å². The zero-order valence-corrected chi connectivity index (χ0v) is 10.2. The van der Waals surface area contributed by atoms with E-state index in [0.717, 1.165) is 10.5 Å². The van der Waals surface area contributed by atoms with Gasteiger partial charge in [0, 0.05) is 0 Å². The molecule has 1 aliphatic rings. The standard InChI is InChI=1S/C13H15NO4/c1-2-17-12(15)14-11(9-18-13(14)16)8-10-6-4-3-5-7-10/h3-7,11H,2,8-9H2,1H3/t11-/m1/s1. The fourth-order valence-electron chi connectivity index (χ4n) is 1.91. The predicted octanol–water partition coefficient (Wildman–Crippen LogP) is 2.21. The minimum atomic E-state index is -0.638. The van der Waals surface area contributed by atoms with Crippen molar-refractivity contribution in [1.82, 2.24) is 4.90 Å². The maximum atomic E-state index is 11.7. The van der Waals surface area contributed by atoms with E-state index < -0.39 is 12.2 Å². The number of carbonyl (C=O) groups is 2. The molecule has 1 aromatic carbocycles. The van der Waals surface area contributed by atoms with Gasteiger partial charge in [0.15, 0.2) is 0 Å². The van der Waals surface area contributed by atoms with Crippen LogP contribution >= 0.6 is 0 Å². The molecule has 2 amide bonds. The van der Waals surface area contributed by atoms with Crippen LogP contribution in [0, 0.1) is 0 Å². The van der Waals surface area contributed by atoms with Gasteiger partial charge in [-0.05, 0) is 18.9 Å². The second-order valence-electron chi connectivity index (χ2n) is 3.99. The Morgan fingerprint density at radius 1 is 1.44 bits per heavy atom. The van der Waals surface area contributed by atoms with E-state index in [0.29, 0.717) is 6.42 Å². The Balaban J connectivity index is 2.07. The van der Waals surface area contributed by atoms with Gasteiger partial charge in [-0.15, -0.1) is 0 Å². The number of hydrogen-bond acceptors (Lipinski definition) is 4. The van der Waals surface area contributed by atoms with Gasteiger partial charge >= 0.3 is 12.2 Å². The van der Waals surface area contributed by atoms with Gasteiger partial charge in [0.05, 0.1) is 12.6 Å². The number of cyclic esters (lactones) is 1.